The fourth-order valence-corrected chi connectivity index (χ4v) is 1.79. The summed E-state index contributed by atoms with van der Waals surface area (Å²) < 4.78 is 4.71. The molecule has 0 saturated heterocycles. The predicted molar refractivity (Wildman–Crippen MR) is 77.3 cm³/mol. The lowest BCUT2D eigenvalue weighted by atomic mass is 10.1. The van der Waals surface area contributed by atoms with Gasteiger partial charge >= 0.3 is 5.97 Å². The van der Waals surface area contributed by atoms with Gasteiger partial charge < -0.3 is 4.74 Å². The van der Waals surface area contributed by atoms with Crippen molar-refractivity contribution in [2.24, 2.45) is 0 Å². The molecular weight excluding hydrogens is 224 g/mol. The van der Waals surface area contributed by atoms with Crippen molar-refractivity contribution in [1.29, 1.82) is 0 Å². The lowest BCUT2D eigenvalue weighted by Crippen LogP contribution is -1.89. The summed E-state index contributed by atoms with van der Waals surface area (Å²) in [6.45, 7) is 3.50. The van der Waals surface area contributed by atoms with Gasteiger partial charge in [0.25, 0.3) is 0 Å². The second-order valence-corrected chi connectivity index (χ2v) is 4.60. The highest BCUT2D eigenvalue weighted by Crippen LogP contribution is 2.10. The molecule has 0 rings (SSSR count). The zero-order valence-electron chi connectivity index (χ0n) is 12.0. The Morgan fingerprint density at radius 1 is 0.889 bits per heavy atom. The van der Waals surface area contributed by atoms with E-state index < -0.39 is 0 Å². The van der Waals surface area contributed by atoms with Gasteiger partial charge in [-0.25, -0.2) is 0 Å². The molecule has 0 spiro atoms. The molecule has 0 atom stereocenters. The van der Waals surface area contributed by atoms with Gasteiger partial charge in [-0.2, -0.15) is 0 Å². The highest BCUT2D eigenvalue weighted by atomic mass is 16.5. The number of carbonyl (C=O) groups is 1. The molecule has 0 aromatic heterocycles. The van der Waals surface area contributed by atoms with E-state index in [1.165, 1.54) is 64.6 Å². The fraction of sp³-hybridized carbons (Fsp3) is 0.688. The lowest BCUT2D eigenvalue weighted by Gasteiger charge is -2.00. The molecule has 0 aliphatic carbocycles. The average molecular weight is 252 g/mol. The van der Waals surface area contributed by atoms with Crippen molar-refractivity contribution < 1.29 is 9.53 Å². The van der Waals surface area contributed by atoms with E-state index in [9.17, 15) is 4.79 Å². The minimum atomic E-state index is -0.246. The number of hydrogen-bond acceptors (Lipinski definition) is 2. The van der Waals surface area contributed by atoms with E-state index in [0.29, 0.717) is 0 Å². The Labute approximate surface area is 112 Å². The molecule has 0 aliphatic rings. The van der Waals surface area contributed by atoms with Gasteiger partial charge in [0.05, 0.1) is 6.26 Å². The molecule has 0 aliphatic heterocycles. The molecule has 0 heterocycles. The monoisotopic (exact) mass is 252 g/mol. The summed E-state index contributed by atoms with van der Waals surface area (Å²) in [6, 6.07) is 0. The molecule has 0 aromatic carbocycles. The van der Waals surface area contributed by atoms with Gasteiger partial charge in [0.1, 0.15) is 0 Å². The van der Waals surface area contributed by atoms with Gasteiger partial charge in [-0.3, -0.25) is 4.79 Å². The summed E-state index contributed by atoms with van der Waals surface area (Å²) in [5.41, 5.74) is 0. The predicted octanol–water partition coefficient (Wildman–Crippen LogP) is 5.15. The van der Waals surface area contributed by atoms with E-state index in [-0.39, 0.29) is 5.97 Å². The van der Waals surface area contributed by atoms with Crippen LogP contribution in [0, 0.1) is 0 Å². The van der Waals surface area contributed by atoms with Gasteiger partial charge in [0.15, 0.2) is 0 Å². The molecule has 2 nitrogen and oxygen atoms in total. The van der Waals surface area contributed by atoms with Gasteiger partial charge in [-0.1, -0.05) is 44.3 Å². The number of unbranched alkanes of at least 4 members (excludes halogenated alkanes) is 8. The zero-order valence-corrected chi connectivity index (χ0v) is 12.0. The summed E-state index contributed by atoms with van der Waals surface area (Å²) in [6.07, 6.45) is 19.2. The molecule has 0 N–H and O–H groups in total. The van der Waals surface area contributed by atoms with Gasteiger partial charge in [0.2, 0.25) is 0 Å². The lowest BCUT2D eigenvalue weighted by molar-refractivity contribution is -0.135. The number of allylic oxidation sites excluding steroid dienone is 3. The van der Waals surface area contributed by atoms with Crippen LogP contribution >= 0.6 is 0 Å². The van der Waals surface area contributed by atoms with Crippen LogP contribution in [-0.2, 0) is 9.53 Å². The SMILES string of the molecule is CC=CCCCCCCCCCC=COC(C)=O. The fourth-order valence-electron chi connectivity index (χ4n) is 1.79. The topological polar surface area (TPSA) is 26.3 Å². The smallest absolute Gasteiger partial charge is 0.307 e. The van der Waals surface area contributed by atoms with Crippen molar-refractivity contribution in [3.8, 4) is 0 Å². The molecule has 0 aromatic rings. The van der Waals surface area contributed by atoms with E-state index >= 15 is 0 Å². The van der Waals surface area contributed by atoms with Gasteiger partial charge in [0, 0.05) is 6.92 Å². The van der Waals surface area contributed by atoms with Crippen LogP contribution in [-0.4, -0.2) is 5.97 Å². The van der Waals surface area contributed by atoms with Crippen molar-refractivity contribution in [1.82, 2.24) is 0 Å². The summed E-state index contributed by atoms with van der Waals surface area (Å²) >= 11 is 0. The summed E-state index contributed by atoms with van der Waals surface area (Å²) in [7, 11) is 0. The average Bonchev–Trinajstić information content (AvgIpc) is 2.34. The van der Waals surface area contributed by atoms with Crippen molar-refractivity contribution in [3.05, 3.63) is 24.5 Å². The minimum Gasteiger partial charge on any atom is -0.435 e. The standard InChI is InChI=1S/C16H28O2/c1-3-4-5-6-7-8-9-10-11-12-13-14-15-18-16(2)17/h3-4,14-15H,5-13H2,1-2H3. The Morgan fingerprint density at radius 3 is 1.89 bits per heavy atom. The van der Waals surface area contributed by atoms with Crippen LogP contribution in [0.5, 0.6) is 0 Å². The van der Waals surface area contributed by atoms with Crippen LogP contribution in [0.1, 0.15) is 71.6 Å². The third kappa shape index (κ3) is 14.9. The largest absolute Gasteiger partial charge is 0.435 e. The quantitative estimate of drug-likeness (QED) is 0.220. The van der Waals surface area contributed by atoms with E-state index in [2.05, 4.69) is 19.1 Å². The third-order valence-electron chi connectivity index (χ3n) is 2.81. The van der Waals surface area contributed by atoms with Crippen LogP contribution in [0.4, 0.5) is 0 Å². The first kappa shape index (κ1) is 16.9. The Morgan fingerprint density at radius 2 is 1.39 bits per heavy atom. The number of ether oxygens (including phenoxy) is 1. The molecule has 0 saturated carbocycles. The Balaban J connectivity index is 3.07. The first-order chi connectivity index (χ1) is 8.77. The molecule has 0 radical (unpaired) electrons. The van der Waals surface area contributed by atoms with Crippen molar-refractivity contribution in [3.63, 3.8) is 0 Å². The molecular formula is C16H28O2. The summed E-state index contributed by atoms with van der Waals surface area (Å²) in [5, 5.41) is 0. The summed E-state index contributed by atoms with van der Waals surface area (Å²) in [5.74, 6) is -0.246. The van der Waals surface area contributed by atoms with E-state index in [1.807, 2.05) is 6.08 Å². The molecule has 0 bridgehead atoms. The molecule has 0 fully saturated rings. The Kier molecular flexibility index (Phi) is 13.2. The van der Waals surface area contributed by atoms with E-state index in [4.69, 9.17) is 4.74 Å². The van der Waals surface area contributed by atoms with Crippen LogP contribution < -0.4 is 0 Å². The Hall–Kier alpha value is -1.05. The molecule has 2 heteroatoms. The normalized spacial score (nSPS) is 11.4. The zero-order chi connectivity index (χ0) is 13.5. The second kappa shape index (κ2) is 14.0. The van der Waals surface area contributed by atoms with Gasteiger partial charge in [-0.15, -0.1) is 0 Å². The number of carbonyl (C=O) groups excluding carboxylic acids is 1. The molecule has 104 valence electrons. The third-order valence-corrected chi connectivity index (χ3v) is 2.81. The highest BCUT2D eigenvalue weighted by molar-refractivity contribution is 5.66. The number of esters is 1. The molecule has 0 amide bonds. The Bertz CT molecular complexity index is 241. The van der Waals surface area contributed by atoms with Crippen LogP contribution in [0.2, 0.25) is 0 Å². The van der Waals surface area contributed by atoms with Crippen molar-refractivity contribution in [2.45, 2.75) is 71.6 Å². The van der Waals surface area contributed by atoms with E-state index in [0.717, 1.165) is 6.42 Å². The van der Waals surface area contributed by atoms with Crippen molar-refractivity contribution >= 4 is 5.97 Å². The van der Waals surface area contributed by atoms with Crippen LogP contribution in [0.15, 0.2) is 24.5 Å². The van der Waals surface area contributed by atoms with Crippen LogP contribution in [0.25, 0.3) is 0 Å². The first-order valence-corrected chi connectivity index (χ1v) is 7.20. The van der Waals surface area contributed by atoms with Crippen molar-refractivity contribution in [2.75, 3.05) is 0 Å². The highest BCUT2D eigenvalue weighted by Gasteiger charge is 1.91. The maximum Gasteiger partial charge on any atom is 0.307 e. The number of rotatable bonds is 11. The summed E-state index contributed by atoms with van der Waals surface area (Å²) in [4.78, 5) is 10.5. The van der Waals surface area contributed by atoms with Gasteiger partial charge in [-0.05, 0) is 38.7 Å². The minimum absolute atomic E-state index is 0.246. The second-order valence-electron chi connectivity index (χ2n) is 4.60. The maximum absolute atomic E-state index is 10.5. The molecule has 18 heavy (non-hydrogen) atoms. The maximum atomic E-state index is 10.5. The molecule has 0 unspecified atom stereocenters. The number of hydrogen-bond donors (Lipinski definition) is 0. The van der Waals surface area contributed by atoms with E-state index in [1.54, 1.807) is 0 Å². The van der Waals surface area contributed by atoms with Crippen LogP contribution in [0.3, 0.4) is 0 Å². The first-order valence-electron chi connectivity index (χ1n) is 7.20.